The fraction of sp³-hybridized carbons (Fsp3) is 0.130. The lowest BCUT2D eigenvalue weighted by Gasteiger charge is -2.24. The lowest BCUT2D eigenvalue weighted by molar-refractivity contribution is -0.129. The van der Waals surface area contributed by atoms with E-state index in [1.807, 2.05) is 79.8 Å². The van der Waals surface area contributed by atoms with E-state index in [1.165, 1.54) is 0 Å². The number of nitrogens with zero attached hydrogens (tertiary/aromatic N) is 2. The maximum atomic E-state index is 13.2. The van der Waals surface area contributed by atoms with Crippen molar-refractivity contribution in [3.05, 3.63) is 102 Å². The van der Waals surface area contributed by atoms with Crippen molar-refractivity contribution >= 4 is 17.7 Å². The maximum absolute atomic E-state index is 13.2. The third kappa shape index (κ3) is 4.99. The number of rotatable bonds is 6. The predicted octanol–water partition coefficient (Wildman–Crippen LogP) is 5.05. The highest BCUT2D eigenvalue weighted by molar-refractivity contribution is 8.00. The second kappa shape index (κ2) is 9.07. The smallest absolute Gasteiger partial charge is 0.240 e. The molecule has 0 spiro atoms. The van der Waals surface area contributed by atoms with Crippen molar-refractivity contribution in [2.45, 2.75) is 16.7 Å². The first-order valence-electron chi connectivity index (χ1n) is 8.68. The Morgan fingerprint density at radius 1 is 0.963 bits per heavy atom. The minimum atomic E-state index is -0.308. The Kier molecular flexibility index (Phi) is 6.30. The first-order valence-corrected chi connectivity index (χ1v) is 9.56. The normalized spacial score (nSPS) is 11.4. The van der Waals surface area contributed by atoms with E-state index < -0.39 is 0 Å². The van der Waals surface area contributed by atoms with Gasteiger partial charge in [-0.2, -0.15) is 5.26 Å². The van der Waals surface area contributed by atoms with Gasteiger partial charge in [0.25, 0.3) is 0 Å². The summed E-state index contributed by atoms with van der Waals surface area (Å²) in [5.41, 5.74) is 2.61. The molecule has 3 nitrogen and oxygen atoms in total. The van der Waals surface area contributed by atoms with Gasteiger partial charge < -0.3 is 4.90 Å². The molecule has 1 amide bonds. The van der Waals surface area contributed by atoms with Crippen molar-refractivity contribution in [1.29, 1.82) is 5.26 Å². The van der Waals surface area contributed by atoms with E-state index in [4.69, 9.17) is 5.26 Å². The summed E-state index contributed by atoms with van der Waals surface area (Å²) >= 11 is 1.56. The SMILES string of the molecule is CN(Cc1ccc(C#N)cc1)C(=O)[C@H](Sc1ccccc1)c1ccccc1. The molecule has 0 fully saturated rings. The lowest BCUT2D eigenvalue weighted by Crippen LogP contribution is -2.30. The third-order valence-corrected chi connectivity index (χ3v) is 5.46. The van der Waals surface area contributed by atoms with Gasteiger partial charge in [-0.25, -0.2) is 0 Å². The van der Waals surface area contributed by atoms with Gasteiger partial charge >= 0.3 is 0 Å². The van der Waals surface area contributed by atoms with Crippen molar-refractivity contribution < 1.29 is 4.79 Å². The molecule has 0 bridgehead atoms. The van der Waals surface area contributed by atoms with Gasteiger partial charge in [-0.05, 0) is 35.4 Å². The Morgan fingerprint density at radius 2 is 1.56 bits per heavy atom. The van der Waals surface area contributed by atoms with E-state index in [9.17, 15) is 4.79 Å². The quantitative estimate of drug-likeness (QED) is 0.569. The molecule has 0 aliphatic heterocycles. The van der Waals surface area contributed by atoms with Gasteiger partial charge in [-0.3, -0.25) is 4.79 Å². The first kappa shape index (κ1) is 18.8. The average Bonchev–Trinajstić information content (AvgIpc) is 2.73. The Bertz CT molecular complexity index is 918. The van der Waals surface area contributed by atoms with Crippen molar-refractivity contribution in [3.8, 4) is 6.07 Å². The van der Waals surface area contributed by atoms with Crippen molar-refractivity contribution in [2.75, 3.05) is 7.05 Å². The molecule has 0 N–H and O–H groups in total. The number of carbonyl (C=O) groups is 1. The Balaban J connectivity index is 1.80. The fourth-order valence-corrected chi connectivity index (χ4v) is 3.92. The van der Waals surface area contributed by atoms with Gasteiger partial charge in [0.2, 0.25) is 5.91 Å². The van der Waals surface area contributed by atoms with Gasteiger partial charge in [0.15, 0.2) is 0 Å². The van der Waals surface area contributed by atoms with Gasteiger partial charge in [-0.1, -0.05) is 60.7 Å². The molecule has 3 rings (SSSR count). The molecule has 0 saturated heterocycles. The number of likely N-dealkylation sites (N-methyl/N-ethyl adjacent to an activating group) is 1. The van der Waals surface area contributed by atoms with Crippen LogP contribution in [-0.4, -0.2) is 17.9 Å². The van der Waals surface area contributed by atoms with Crippen LogP contribution in [0.3, 0.4) is 0 Å². The summed E-state index contributed by atoms with van der Waals surface area (Å²) in [5.74, 6) is 0.0550. The van der Waals surface area contributed by atoms with Crippen LogP contribution in [-0.2, 0) is 11.3 Å². The minimum absolute atomic E-state index is 0.0550. The van der Waals surface area contributed by atoms with Crippen LogP contribution >= 0.6 is 11.8 Å². The maximum Gasteiger partial charge on any atom is 0.240 e. The standard InChI is InChI=1S/C23H20N2OS/c1-25(17-19-14-12-18(16-24)13-15-19)23(26)22(20-8-4-2-5-9-20)27-21-10-6-3-7-11-21/h2-15,22H,17H2,1H3/t22-/m1/s1. The zero-order valence-corrected chi connectivity index (χ0v) is 15.9. The molecule has 4 heteroatoms. The molecule has 0 aromatic heterocycles. The molecule has 27 heavy (non-hydrogen) atoms. The zero-order chi connectivity index (χ0) is 19.1. The van der Waals surface area contributed by atoms with Gasteiger partial charge in [-0.15, -0.1) is 11.8 Å². The predicted molar refractivity (Wildman–Crippen MR) is 109 cm³/mol. The molecule has 0 saturated carbocycles. The lowest BCUT2D eigenvalue weighted by atomic mass is 10.1. The Labute approximate surface area is 164 Å². The van der Waals surface area contributed by atoms with E-state index >= 15 is 0 Å². The number of hydrogen-bond acceptors (Lipinski definition) is 3. The number of nitriles is 1. The summed E-state index contributed by atoms with van der Waals surface area (Å²) < 4.78 is 0. The van der Waals surface area contributed by atoms with Gasteiger partial charge in [0, 0.05) is 18.5 Å². The van der Waals surface area contributed by atoms with E-state index in [2.05, 4.69) is 6.07 Å². The molecule has 0 radical (unpaired) electrons. The molecule has 3 aromatic rings. The highest BCUT2D eigenvalue weighted by atomic mass is 32.2. The van der Waals surface area contributed by atoms with Crippen LogP contribution in [0.1, 0.15) is 21.9 Å². The van der Waals surface area contributed by atoms with Crippen molar-refractivity contribution in [2.24, 2.45) is 0 Å². The number of carbonyl (C=O) groups excluding carboxylic acids is 1. The van der Waals surface area contributed by atoms with Crippen LogP contribution in [0.2, 0.25) is 0 Å². The largest absolute Gasteiger partial charge is 0.340 e. The summed E-state index contributed by atoms with van der Waals surface area (Å²) in [4.78, 5) is 16.0. The summed E-state index contributed by atoms with van der Waals surface area (Å²) in [5, 5.41) is 8.61. The monoisotopic (exact) mass is 372 g/mol. The zero-order valence-electron chi connectivity index (χ0n) is 15.1. The van der Waals surface area contributed by atoms with Gasteiger partial charge in [0.05, 0.1) is 11.6 Å². The van der Waals surface area contributed by atoms with Crippen molar-refractivity contribution in [1.82, 2.24) is 4.90 Å². The second-order valence-corrected chi connectivity index (χ2v) is 7.40. The number of thioether (sulfide) groups is 1. The number of amides is 1. The highest BCUT2D eigenvalue weighted by Crippen LogP contribution is 2.36. The van der Waals surface area contributed by atoms with Crippen LogP contribution < -0.4 is 0 Å². The number of hydrogen-bond donors (Lipinski definition) is 0. The van der Waals surface area contributed by atoms with E-state index in [1.54, 1.807) is 28.8 Å². The molecular weight excluding hydrogens is 352 g/mol. The Hall–Kier alpha value is -3.03. The molecular formula is C23H20N2OS. The topological polar surface area (TPSA) is 44.1 Å². The molecule has 0 heterocycles. The fourth-order valence-electron chi connectivity index (χ4n) is 2.76. The molecule has 0 aliphatic rings. The van der Waals surface area contributed by atoms with E-state index in [0.29, 0.717) is 12.1 Å². The molecule has 0 aliphatic carbocycles. The van der Waals surface area contributed by atoms with Crippen LogP contribution in [0.5, 0.6) is 0 Å². The molecule has 134 valence electrons. The summed E-state index contributed by atoms with van der Waals surface area (Å²) in [7, 11) is 1.82. The van der Waals surface area contributed by atoms with Gasteiger partial charge in [0.1, 0.15) is 5.25 Å². The minimum Gasteiger partial charge on any atom is -0.340 e. The van der Waals surface area contributed by atoms with E-state index in [0.717, 1.165) is 16.0 Å². The van der Waals surface area contributed by atoms with Crippen molar-refractivity contribution in [3.63, 3.8) is 0 Å². The molecule has 3 aromatic carbocycles. The Morgan fingerprint density at radius 3 is 2.15 bits per heavy atom. The summed E-state index contributed by atoms with van der Waals surface area (Å²) in [6.45, 7) is 0.503. The summed E-state index contributed by atoms with van der Waals surface area (Å²) in [6, 6.07) is 29.3. The van der Waals surface area contributed by atoms with Crippen LogP contribution in [0.25, 0.3) is 0 Å². The van der Waals surface area contributed by atoms with Crippen LogP contribution in [0, 0.1) is 11.3 Å². The third-order valence-electron chi connectivity index (χ3n) is 4.20. The van der Waals surface area contributed by atoms with E-state index in [-0.39, 0.29) is 11.2 Å². The van der Waals surface area contributed by atoms with Crippen LogP contribution in [0.4, 0.5) is 0 Å². The molecule has 1 atom stereocenters. The summed E-state index contributed by atoms with van der Waals surface area (Å²) in [6.07, 6.45) is 0. The number of benzene rings is 3. The van der Waals surface area contributed by atoms with Crippen LogP contribution in [0.15, 0.2) is 89.8 Å². The highest BCUT2D eigenvalue weighted by Gasteiger charge is 2.25. The average molecular weight is 372 g/mol. The second-order valence-electron chi connectivity index (χ2n) is 6.22. The molecule has 0 unspecified atom stereocenters. The first-order chi connectivity index (χ1) is 13.2.